The van der Waals surface area contributed by atoms with E-state index >= 15 is 0 Å². The molecule has 23 heavy (non-hydrogen) atoms. The molecule has 0 saturated carbocycles. The Morgan fingerprint density at radius 2 is 1.96 bits per heavy atom. The molecule has 1 aromatic carbocycles. The number of carbonyl (C=O) groups excluding carboxylic acids is 1. The Bertz CT molecular complexity index is 536. The van der Waals surface area contributed by atoms with Crippen molar-refractivity contribution in [1.82, 2.24) is 10.6 Å². The normalized spacial score (nSPS) is 11.5. The van der Waals surface area contributed by atoms with Gasteiger partial charge in [-0.25, -0.2) is 4.79 Å². The number of phenolic OH excluding ortho intramolecular Hbond substituents is 1. The lowest BCUT2D eigenvalue weighted by molar-refractivity contribution is 0.0534. The van der Waals surface area contributed by atoms with E-state index in [0.717, 1.165) is 5.56 Å². The molecule has 0 bridgehead atoms. The maximum absolute atomic E-state index is 11.4. The molecule has 128 valence electrons. The van der Waals surface area contributed by atoms with E-state index in [9.17, 15) is 9.90 Å². The molecule has 0 spiro atoms. The fourth-order valence-electron chi connectivity index (χ4n) is 1.77. The predicted molar refractivity (Wildman–Crippen MR) is 89.7 cm³/mol. The van der Waals surface area contributed by atoms with Gasteiger partial charge in [-0.05, 0) is 38.5 Å². The van der Waals surface area contributed by atoms with Gasteiger partial charge in [0, 0.05) is 19.6 Å². The summed E-state index contributed by atoms with van der Waals surface area (Å²) in [6, 6.07) is 5.28. The molecule has 1 amide bonds. The van der Waals surface area contributed by atoms with Crippen molar-refractivity contribution >= 4 is 6.09 Å². The van der Waals surface area contributed by atoms with Gasteiger partial charge in [0.15, 0.2) is 11.5 Å². The van der Waals surface area contributed by atoms with E-state index in [1.165, 1.54) is 7.11 Å². The molecule has 0 radical (unpaired) electrons. The summed E-state index contributed by atoms with van der Waals surface area (Å²) in [6.45, 7) is 7.17. The molecule has 3 N–H and O–H groups in total. The maximum Gasteiger partial charge on any atom is 0.407 e. The summed E-state index contributed by atoms with van der Waals surface area (Å²) in [4.78, 5) is 11.4. The lowest BCUT2D eigenvalue weighted by atomic mass is 10.2. The fourth-order valence-corrected chi connectivity index (χ4v) is 1.77. The number of alkyl carbamates (subject to hydrolysis) is 1. The third-order valence-corrected chi connectivity index (χ3v) is 2.76. The van der Waals surface area contributed by atoms with Crippen molar-refractivity contribution in [1.29, 1.82) is 0 Å². The Labute approximate surface area is 137 Å². The molecule has 6 heteroatoms. The largest absolute Gasteiger partial charge is 0.504 e. The van der Waals surface area contributed by atoms with Crippen molar-refractivity contribution in [3.8, 4) is 11.5 Å². The summed E-state index contributed by atoms with van der Waals surface area (Å²) in [5.74, 6) is 0.589. The summed E-state index contributed by atoms with van der Waals surface area (Å²) in [5, 5.41) is 15.5. The van der Waals surface area contributed by atoms with Crippen LogP contribution in [0, 0.1) is 0 Å². The Balaban J connectivity index is 2.20. The first kappa shape index (κ1) is 18.8. The van der Waals surface area contributed by atoms with E-state index in [0.29, 0.717) is 25.4 Å². The zero-order valence-corrected chi connectivity index (χ0v) is 14.2. The SMILES string of the molecule is COc1ccc(CNC/C=C/CNC(=O)OC(C)(C)C)cc1O. The molecule has 0 aromatic heterocycles. The van der Waals surface area contributed by atoms with Gasteiger partial charge in [-0.1, -0.05) is 18.2 Å². The highest BCUT2D eigenvalue weighted by molar-refractivity contribution is 5.67. The number of carbonyl (C=O) groups is 1. The number of hydrogen-bond donors (Lipinski definition) is 3. The molecule has 0 atom stereocenters. The summed E-state index contributed by atoms with van der Waals surface area (Å²) >= 11 is 0. The van der Waals surface area contributed by atoms with Gasteiger partial charge in [-0.15, -0.1) is 0 Å². The van der Waals surface area contributed by atoms with E-state index < -0.39 is 11.7 Å². The van der Waals surface area contributed by atoms with Crippen molar-refractivity contribution in [3.63, 3.8) is 0 Å². The van der Waals surface area contributed by atoms with E-state index in [1.54, 1.807) is 12.1 Å². The first-order valence-electron chi connectivity index (χ1n) is 7.50. The molecule has 0 aliphatic rings. The minimum Gasteiger partial charge on any atom is -0.504 e. The van der Waals surface area contributed by atoms with E-state index in [2.05, 4.69) is 10.6 Å². The molecule has 1 aromatic rings. The molecule has 6 nitrogen and oxygen atoms in total. The van der Waals surface area contributed by atoms with Crippen LogP contribution in [0.5, 0.6) is 11.5 Å². The summed E-state index contributed by atoms with van der Waals surface area (Å²) < 4.78 is 10.1. The van der Waals surface area contributed by atoms with Gasteiger partial charge in [0.25, 0.3) is 0 Å². The van der Waals surface area contributed by atoms with E-state index in [1.807, 2.05) is 39.0 Å². The van der Waals surface area contributed by atoms with E-state index in [-0.39, 0.29) is 5.75 Å². The smallest absolute Gasteiger partial charge is 0.407 e. The zero-order chi connectivity index (χ0) is 17.3. The van der Waals surface area contributed by atoms with Gasteiger partial charge in [0.1, 0.15) is 5.60 Å². The average Bonchev–Trinajstić information content (AvgIpc) is 2.44. The molecule has 0 fully saturated rings. The standard InChI is InChI=1S/C17H26N2O4/c1-17(2,3)23-16(21)19-10-6-5-9-18-12-13-7-8-15(22-4)14(20)11-13/h5-8,11,18,20H,9-10,12H2,1-4H3,(H,19,21)/b6-5+. The average molecular weight is 322 g/mol. The van der Waals surface area contributed by atoms with Crippen molar-refractivity contribution in [2.45, 2.75) is 32.9 Å². The second kappa shape index (κ2) is 9.05. The van der Waals surface area contributed by atoms with Gasteiger partial charge < -0.3 is 25.2 Å². The number of aromatic hydroxyl groups is 1. The number of rotatable bonds is 7. The van der Waals surface area contributed by atoms with Gasteiger partial charge >= 0.3 is 6.09 Å². The van der Waals surface area contributed by atoms with Gasteiger partial charge in [-0.2, -0.15) is 0 Å². The first-order chi connectivity index (χ1) is 10.8. The Hall–Kier alpha value is -2.21. The molecule has 0 aliphatic carbocycles. The van der Waals surface area contributed by atoms with Gasteiger partial charge in [0.2, 0.25) is 0 Å². The third kappa shape index (κ3) is 8.11. The minimum atomic E-state index is -0.487. The van der Waals surface area contributed by atoms with Crippen molar-refractivity contribution in [2.24, 2.45) is 0 Å². The number of benzene rings is 1. The van der Waals surface area contributed by atoms with Gasteiger partial charge in [-0.3, -0.25) is 0 Å². The van der Waals surface area contributed by atoms with Crippen LogP contribution in [0.4, 0.5) is 4.79 Å². The minimum absolute atomic E-state index is 0.129. The second-order valence-electron chi connectivity index (χ2n) is 5.99. The number of hydrogen-bond acceptors (Lipinski definition) is 5. The van der Waals surface area contributed by atoms with Crippen molar-refractivity contribution in [2.75, 3.05) is 20.2 Å². The lowest BCUT2D eigenvalue weighted by Crippen LogP contribution is -2.32. The summed E-state index contributed by atoms with van der Waals surface area (Å²) in [5.41, 5.74) is 0.475. The second-order valence-corrected chi connectivity index (χ2v) is 5.99. The van der Waals surface area contributed by atoms with Crippen LogP contribution in [0.1, 0.15) is 26.3 Å². The Morgan fingerprint density at radius 3 is 2.57 bits per heavy atom. The highest BCUT2D eigenvalue weighted by Crippen LogP contribution is 2.25. The maximum atomic E-state index is 11.4. The Kier molecular flexibility index (Phi) is 7.41. The van der Waals surface area contributed by atoms with Crippen molar-refractivity contribution < 1.29 is 19.4 Å². The number of amides is 1. The van der Waals surface area contributed by atoms with Crippen LogP contribution in [0.15, 0.2) is 30.4 Å². The number of phenols is 1. The molecule has 1 rings (SSSR count). The number of ether oxygens (including phenoxy) is 2. The molecular weight excluding hydrogens is 296 g/mol. The Morgan fingerprint density at radius 1 is 1.26 bits per heavy atom. The predicted octanol–water partition coefficient (Wildman–Crippen LogP) is 2.57. The van der Waals surface area contributed by atoms with Crippen LogP contribution in [0.25, 0.3) is 0 Å². The zero-order valence-electron chi connectivity index (χ0n) is 14.2. The van der Waals surface area contributed by atoms with Crippen LogP contribution in [-0.2, 0) is 11.3 Å². The monoisotopic (exact) mass is 322 g/mol. The van der Waals surface area contributed by atoms with Crippen LogP contribution in [0.2, 0.25) is 0 Å². The molecule has 0 unspecified atom stereocenters. The highest BCUT2D eigenvalue weighted by atomic mass is 16.6. The van der Waals surface area contributed by atoms with Crippen LogP contribution in [-0.4, -0.2) is 37.0 Å². The molecule has 0 aliphatic heterocycles. The molecular formula is C17H26N2O4. The third-order valence-electron chi connectivity index (χ3n) is 2.76. The molecule has 0 saturated heterocycles. The quantitative estimate of drug-likeness (QED) is 0.531. The first-order valence-corrected chi connectivity index (χ1v) is 7.50. The lowest BCUT2D eigenvalue weighted by Gasteiger charge is -2.19. The van der Waals surface area contributed by atoms with Crippen LogP contribution in [0.3, 0.4) is 0 Å². The van der Waals surface area contributed by atoms with Crippen LogP contribution >= 0.6 is 0 Å². The molecule has 0 heterocycles. The van der Waals surface area contributed by atoms with Crippen molar-refractivity contribution in [3.05, 3.63) is 35.9 Å². The highest BCUT2D eigenvalue weighted by Gasteiger charge is 2.14. The van der Waals surface area contributed by atoms with E-state index in [4.69, 9.17) is 9.47 Å². The number of nitrogens with one attached hydrogen (secondary N) is 2. The van der Waals surface area contributed by atoms with Gasteiger partial charge in [0.05, 0.1) is 7.11 Å². The fraction of sp³-hybridized carbons (Fsp3) is 0.471. The summed E-state index contributed by atoms with van der Waals surface area (Å²) in [7, 11) is 1.52. The van der Waals surface area contributed by atoms with Crippen LogP contribution < -0.4 is 15.4 Å². The topological polar surface area (TPSA) is 79.8 Å². The summed E-state index contributed by atoms with van der Waals surface area (Å²) in [6.07, 6.45) is 3.34. The number of methoxy groups -OCH3 is 1.